The smallest absolute Gasteiger partial charge is 0.166 e. The molecule has 1 aromatic carbocycles. The van der Waals surface area contributed by atoms with Crippen LogP contribution in [0, 0.1) is 17.3 Å². The third-order valence-electron chi connectivity index (χ3n) is 10.5. The Kier molecular flexibility index (Phi) is 10.8. The number of aromatic hydroxyl groups is 1. The number of carbonyl (C=O) groups excluding carboxylic acids is 2. The maximum Gasteiger partial charge on any atom is 0.166 e. The number of likely N-dealkylation sites (tertiary alicyclic amines) is 1. The summed E-state index contributed by atoms with van der Waals surface area (Å²) in [6, 6.07) is 7.34. The number of phenolic OH excluding ortho intramolecular Hbond substituents is 1. The topological polar surface area (TPSA) is 64.1 Å². The standard InChI is InChI=1S/C26H42N2O.C8H11NO2/c1-7-21-10-11-22(29)16-24(21)26-14-15-28(17-20-8-9-20)19(3)25(26,4)13-12-23(26)18(2)27(5)6;1-9(2)8(7-11)5-3-4-6-10/h10-11,16,18-20,23,29H,7-9,12-15,17H2,1-6H3;3-7H,1-2H3/b;4-3-,8-5-. The number of rotatable bonds is 10. The molecule has 4 rings (SSSR count). The lowest BCUT2D eigenvalue weighted by atomic mass is 9.51. The molecule has 1 N–H and O–H groups in total. The molecule has 0 bridgehead atoms. The van der Waals surface area contributed by atoms with Gasteiger partial charge in [0.15, 0.2) is 6.29 Å². The summed E-state index contributed by atoms with van der Waals surface area (Å²) in [5.74, 6) is 2.00. The first-order valence-corrected chi connectivity index (χ1v) is 15.1. The number of likely N-dealkylation sites (N-methyl/N-ethyl adjacent to an activating group) is 1. The molecule has 2 saturated carbocycles. The van der Waals surface area contributed by atoms with Crippen molar-refractivity contribution in [2.45, 2.75) is 83.7 Å². The number of benzene rings is 1. The molecule has 6 heteroatoms. The van der Waals surface area contributed by atoms with Crippen LogP contribution in [0.1, 0.15) is 70.9 Å². The number of allylic oxidation sites excluding steroid dienone is 4. The highest BCUT2D eigenvalue weighted by atomic mass is 16.3. The number of fused-ring (bicyclic) bond motifs is 1. The zero-order valence-electron chi connectivity index (χ0n) is 26.2. The normalized spacial score (nSPS) is 29.6. The van der Waals surface area contributed by atoms with E-state index in [2.05, 4.69) is 63.7 Å². The maximum absolute atomic E-state index is 10.5. The van der Waals surface area contributed by atoms with E-state index in [4.69, 9.17) is 0 Å². The van der Waals surface area contributed by atoms with Gasteiger partial charge in [-0.2, -0.15) is 0 Å². The fraction of sp³-hybridized carbons (Fsp3) is 0.647. The summed E-state index contributed by atoms with van der Waals surface area (Å²) in [7, 11) is 8.00. The highest BCUT2D eigenvalue weighted by molar-refractivity contribution is 5.73. The molecule has 0 radical (unpaired) electrons. The van der Waals surface area contributed by atoms with Crippen molar-refractivity contribution >= 4 is 12.6 Å². The molecule has 3 aliphatic rings. The predicted molar refractivity (Wildman–Crippen MR) is 165 cm³/mol. The summed E-state index contributed by atoms with van der Waals surface area (Å²) in [4.78, 5) is 27.0. The minimum absolute atomic E-state index is 0.139. The number of phenols is 1. The SMILES string of the molecule is CCc1ccc(O)cc1C12CCN(CC3CC3)C(C)C1(C)CCC2C(C)N(C)C.CN(C)/C(C=O)=C\C=C/C=O. The second-order valence-electron chi connectivity index (χ2n) is 12.9. The Morgan fingerprint density at radius 3 is 2.38 bits per heavy atom. The molecule has 1 aromatic rings. The lowest BCUT2D eigenvalue weighted by molar-refractivity contribution is -0.106. The van der Waals surface area contributed by atoms with E-state index in [1.54, 1.807) is 25.1 Å². The summed E-state index contributed by atoms with van der Waals surface area (Å²) < 4.78 is 0. The van der Waals surface area contributed by atoms with Crippen LogP contribution in [0.5, 0.6) is 5.75 Å². The maximum atomic E-state index is 10.5. The molecular formula is C34H53N3O3. The molecule has 222 valence electrons. The molecule has 5 atom stereocenters. The van der Waals surface area contributed by atoms with E-state index in [1.807, 2.05) is 6.07 Å². The highest BCUT2D eigenvalue weighted by Gasteiger charge is 2.64. The van der Waals surface area contributed by atoms with Crippen LogP contribution in [-0.2, 0) is 21.4 Å². The van der Waals surface area contributed by atoms with Gasteiger partial charge in [0, 0.05) is 38.1 Å². The van der Waals surface area contributed by atoms with E-state index in [0.29, 0.717) is 35.7 Å². The van der Waals surface area contributed by atoms with Gasteiger partial charge in [-0.05, 0) is 126 Å². The van der Waals surface area contributed by atoms with Gasteiger partial charge in [-0.25, -0.2) is 0 Å². The number of hydrogen-bond donors (Lipinski definition) is 1. The van der Waals surface area contributed by atoms with Crippen LogP contribution in [0.4, 0.5) is 0 Å². The number of piperidine rings is 1. The van der Waals surface area contributed by atoms with Gasteiger partial charge in [-0.1, -0.05) is 26.0 Å². The largest absolute Gasteiger partial charge is 0.508 e. The van der Waals surface area contributed by atoms with Gasteiger partial charge in [0.25, 0.3) is 0 Å². The van der Waals surface area contributed by atoms with Gasteiger partial charge in [0.1, 0.15) is 12.0 Å². The lowest BCUT2D eigenvalue weighted by Gasteiger charge is -2.59. The number of aryl methyl sites for hydroxylation is 1. The molecule has 1 aliphatic heterocycles. The third-order valence-corrected chi connectivity index (χ3v) is 10.5. The van der Waals surface area contributed by atoms with Crippen LogP contribution in [0.15, 0.2) is 42.1 Å². The van der Waals surface area contributed by atoms with Crippen LogP contribution < -0.4 is 0 Å². The van der Waals surface area contributed by atoms with Gasteiger partial charge >= 0.3 is 0 Å². The van der Waals surface area contributed by atoms with E-state index in [9.17, 15) is 14.7 Å². The predicted octanol–water partition coefficient (Wildman–Crippen LogP) is 5.45. The van der Waals surface area contributed by atoms with E-state index in [-0.39, 0.29) is 10.8 Å². The minimum atomic E-state index is 0.139. The first kappa shape index (κ1) is 32.1. The molecule has 3 fully saturated rings. The van der Waals surface area contributed by atoms with E-state index in [0.717, 1.165) is 18.6 Å². The minimum Gasteiger partial charge on any atom is -0.508 e. The molecule has 2 aliphatic carbocycles. The number of nitrogens with zero attached hydrogens (tertiary/aromatic N) is 3. The quantitative estimate of drug-likeness (QED) is 0.237. The first-order valence-electron chi connectivity index (χ1n) is 15.1. The number of hydrogen-bond acceptors (Lipinski definition) is 6. The third kappa shape index (κ3) is 6.38. The summed E-state index contributed by atoms with van der Waals surface area (Å²) in [5.41, 5.74) is 3.81. The Hall–Kier alpha value is -2.44. The molecule has 0 aromatic heterocycles. The second kappa shape index (κ2) is 13.5. The van der Waals surface area contributed by atoms with Gasteiger partial charge < -0.3 is 14.9 Å². The van der Waals surface area contributed by atoms with Crippen LogP contribution in [0.3, 0.4) is 0 Å². The fourth-order valence-corrected chi connectivity index (χ4v) is 7.64. The lowest BCUT2D eigenvalue weighted by Crippen LogP contribution is -2.63. The Labute approximate surface area is 243 Å². The second-order valence-corrected chi connectivity index (χ2v) is 12.9. The molecule has 40 heavy (non-hydrogen) atoms. The van der Waals surface area contributed by atoms with Crippen molar-refractivity contribution in [2.24, 2.45) is 17.3 Å². The number of aldehydes is 2. The van der Waals surface area contributed by atoms with Crippen LogP contribution in [0.2, 0.25) is 0 Å². The molecular weight excluding hydrogens is 498 g/mol. The summed E-state index contributed by atoms with van der Waals surface area (Å²) >= 11 is 0. The molecule has 6 nitrogen and oxygen atoms in total. The molecule has 5 unspecified atom stereocenters. The summed E-state index contributed by atoms with van der Waals surface area (Å²) in [5, 5.41) is 10.5. The van der Waals surface area contributed by atoms with Crippen molar-refractivity contribution in [1.82, 2.24) is 14.7 Å². The summed E-state index contributed by atoms with van der Waals surface area (Å²) in [6.45, 7) is 12.3. The van der Waals surface area contributed by atoms with E-state index < -0.39 is 0 Å². The van der Waals surface area contributed by atoms with Crippen LogP contribution in [-0.4, -0.2) is 85.7 Å². The zero-order chi connectivity index (χ0) is 29.7. The van der Waals surface area contributed by atoms with Gasteiger partial charge in [0.05, 0.1) is 5.70 Å². The van der Waals surface area contributed by atoms with E-state index in [1.165, 1.54) is 68.5 Å². The van der Waals surface area contributed by atoms with Crippen molar-refractivity contribution in [1.29, 1.82) is 0 Å². The average Bonchev–Trinajstić information content (AvgIpc) is 3.69. The Bertz CT molecular complexity index is 1080. The van der Waals surface area contributed by atoms with Crippen molar-refractivity contribution in [3.63, 3.8) is 0 Å². The van der Waals surface area contributed by atoms with Gasteiger partial charge in [-0.15, -0.1) is 0 Å². The van der Waals surface area contributed by atoms with Crippen LogP contribution >= 0.6 is 0 Å². The number of carbonyl (C=O) groups is 2. The Balaban J connectivity index is 0.000000342. The van der Waals surface area contributed by atoms with Crippen molar-refractivity contribution in [3.05, 3.63) is 53.3 Å². The molecule has 1 saturated heterocycles. The molecule has 1 heterocycles. The fourth-order valence-electron chi connectivity index (χ4n) is 7.64. The van der Waals surface area contributed by atoms with Crippen molar-refractivity contribution in [3.8, 4) is 5.75 Å². The van der Waals surface area contributed by atoms with Crippen LogP contribution in [0.25, 0.3) is 0 Å². The van der Waals surface area contributed by atoms with Crippen molar-refractivity contribution in [2.75, 3.05) is 41.3 Å². The van der Waals surface area contributed by atoms with Gasteiger partial charge in [-0.3, -0.25) is 14.5 Å². The van der Waals surface area contributed by atoms with Gasteiger partial charge in [0.2, 0.25) is 0 Å². The molecule has 0 amide bonds. The molecule has 0 spiro atoms. The highest BCUT2D eigenvalue weighted by Crippen LogP contribution is 2.65. The van der Waals surface area contributed by atoms with E-state index >= 15 is 0 Å². The monoisotopic (exact) mass is 551 g/mol. The first-order chi connectivity index (χ1) is 19.0. The van der Waals surface area contributed by atoms with Crippen molar-refractivity contribution < 1.29 is 14.7 Å². The summed E-state index contributed by atoms with van der Waals surface area (Å²) in [6.07, 6.45) is 13.5. The zero-order valence-corrected chi connectivity index (χ0v) is 26.2. The Morgan fingerprint density at radius 1 is 1.12 bits per heavy atom. The average molecular weight is 552 g/mol. The Morgan fingerprint density at radius 2 is 1.82 bits per heavy atom.